The molecule has 284 valence electrons. The van der Waals surface area contributed by atoms with Crippen molar-refractivity contribution in [3.05, 3.63) is 180 Å². The summed E-state index contributed by atoms with van der Waals surface area (Å²) in [6.07, 6.45) is 5.48. The van der Waals surface area contributed by atoms with Gasteiger partial charge in [0.25, 0.3) is 6.71 Å². The van der Waals surface area contributed by atoms with E-state index in [1.807, 2.05) is 23.5 Å². The maximum atomic E-state index is 2.61. The lowest BCUT2D eigenvalue weighted by atomic mass is 9.37. The van der Waals surface area contributed by atoms with Crippen LogP contribution in [-0.2, 0) is 10.8 Å². The second kappa shape index (κ2) is 15.8. The zero-order chi connectivity index (χ0) is 39.4. The Morgan fingerprint density at radius 1 is 0.732 bits per heavy atom. The molecule has 0 saturated heterocycles. The summed E-state index contributed by atoms with van der Waals surface area (Å²) in [5.41, 5.74) is 13.4. The molecule has 3 aliphatic heterocycles. The Morgan fingerprint density at radius 2 is 1.27 bits per heavy atom. The summed E-state index contributed by atoms with van der Waals surface area (Å²) in [5.74, 6) is 0. The number of hydrogen-bond acceptors (Lipinski definition) is 5. The fraction of sp³-hybridized carbons (Fsp3) is 0.265. The van der Waals surface area contributed by atoms with Gasteiger partial charge in [-0.15, -0.1) is 23.5 Å². The van der Waals surface area contributed by atoms with Gasteiger partial charge in [-0.25, -0.2) is 0 Å². The molecule has 5 aromatic carbocycles. The van der Waals surface area contributed by atoms with Gasteiger partial charge in [0.05, 0.1) is 14.6 Å². The molecule has 2 atom stereocenters. The molecule has 2 nitrogen and oxygen atoms in total. The van der Waals surface area contributed by atoms with Gasteiger partial charge in [-0.1, -0.05) is 156 Å². The van der Waals surface area contributed by atoms with Crippen molar-refractivity contribution in [2.75, 3.05) is 9.80 Å². The standard InChI is InChI=1S/C49H50BIN2S3/c1-9-10-21-40-45(54-32(2)33-17-13-11-14-18-33)52(38-26-22-35(23-27-38)48(3,4)5)41-30-37(51)31-42-43(41)50(40)44-46(56-47(55-44)34-19-15-12-16-20-34)53(42)39-28-24-36(25-29-39)49(6,7)8/h9-20,22-32,47H,21H2,1-8H3/b10-9+. The summed E-state index contributed by atoms with van der Waals surface area (Å²) >= 11 is 8.67. The molecule has 3 aliphatic rings. The molecule has 0 saturated carbocycles. The SMILES string of the molecule is C/C=C/CC1=C(SC(C)c2ccccc2)N(c2ccc(C(C)(C)C)cc2)c2cc(I)cc3c2B1C1=C(SC(c2ccccc2)S1)N3c1ccc(C(C)(C)C)cc1. The fourth-order valence-corrected chi connectivity index (χ4v) is 13.0. The summed E-state index contributed by atoms with van der Waals surface area (Å²) in [6.45, 7) is 18.5. The van der Waals surface area contributed by atoms with E-state index in [9.17, 15) is 0 Å². The van der Waals surface area contributed by atoms with E-state index < -0.39 is 0 Å². The van der Waals surface area contributed by atoms with Crippen molar-refractivity contribution in [1.29, 1.82) is 0 Å². The second-order valence-electron chi connectivity index (χ2n) is 17.0. The minimum atomic E-state index is 0.0672. The molecule has 0 aliphatic carbocycles. The highest BCUT2D eigenvalue weighted by molar-refractivity contribution is 14.1. The van der Waals surface area contributed by atoms with Crippen molar-refractivity contribution in [3.8, 4) is 0 Å². The average molecular weight is 901 g/mol. The third kappa shape index (κ3) is 7.58. The largest absolute Gasteiger partial charge is 0.306 e. The summed E-state index contributed by atoms with van der Waals surface area (Å²) in [4.78, 5) is 6.67. The number of anilines is 4. The topological polar surface area (TPSA) is 6.48 Å². The van der Waals surface area contributed by atoms with Gasteiger partial charge < -0.3 is 9.80 Å². The minimum Gasteiger partial charge on any atom is -0.306 e. The van der Waals surface area contributed by atoms with E-state index in [1.165, 1.54) is 74.4 Å². The lowest BCUT2D eigenvalue weighted by Crippen LogP contribution is -2.49. The van der Waals surface area contributed by atoms with Crippen LogP contribution in [0.15, 0.2) is 154 Å². The highest BCUT2D eigenvalue weighted by Gasteiger charge is 2.49. The van der Waals surface area contributed by atoms with E-state index in [1.54, 1.807) is 0 Å². The number of thioether (sulfide) groups is 3. The molecule has 2 unspecified atom stereocenters. The Balaban J connectivity index is 1.40. The van der Waals surface area contributed by atoms with E-state index in [2.05, 4.69) is 233 Å². The zero-order valence-corrected chi connectivity index (χ0v) is 38.2. The molecular formula is C49H50BIN2S3. The molecule has 56 heavy (non-hydrogen) atoms. The Bertz CT molecular complexity index is 2320. The zero-order valence-electron chi connectivity index (χ0n) is 33.6. The summed E-state index contributed by atoms with van der Waals surface area (Å²) in [7, 11) is 0. The molecule has 0 spiro atoms. The van der Waals surface area contributed by atoms with Gasteiger partial charge in [0.2, 0.25) is 0 Å². The predicted molar refractivity (Wildman–Crippen MR) is 259 cm³/mol. The van der Waals surface area contributed by atoms with E-state index in [0.29, 0.717) is 0 Å². The summed E-state index contributed by atoms with van der Waals surface area (Å²) in [6, 6.07) is 45.8. The highest BCUT2D eigenvalue weighted by atomic mass is 127. The van der Waals surface area contributed by atoms with Crippen molar-refractivity contribution in [2.24, 2.45) is 0 Å². The van der Waals surface area contributed by atoms with E-state index in [-0.39, 0.29) is 27.4 Å². The first-order valence-electron chi connectivity index (χ1n) is 19.7. The van der Waals surface area contributed by atoms with Gasteiger partial charge in [-0.2, -0.15) is 0 Å². The van der Waals surface area contributed by atoms with Crippen LogP contribution in [0.5, 0.6) is 0 Å². The Morgan fingerprint density at radius 3 is 1.82 bits per heavy atom. The molecule has 5 aromatic rings. The Kier molecular flexibility index (Phi) is 11.2. The van der Waals surface area contributed by atoms with Gasteiger partial charge >= 0.3 is 0 Å². The number of allylic oxidation sites excluding steroid dienone is 3. The van der Waals surface area contributed by atoms with Crippen LogP contribution in [0, 0.1) is 3.57 Å². The number of fused-ring (bicyclic) bond motifs is 1. The fourth-order valence-electron chi connectivity index (χ4n) is 7.93. The van der Waals surface area contributed by atoms with Gasteiger partial charge in [-0.05, 0) is 123 Å². The second-order valence-corrected chi connectivity index (χ2v) is 22.1. The molecule has 0 amide bonds. The molecular weight excluding hydrogens is 850 g/mol. The maximum Gasteiger partial charge on any atom is 0.257 e. The van der Waals surface area contributed by atoms with Crippen molar-refractivity contribution in [1.82, 2.24) is 0 Å². The molecule has 0 radical (unpaired) electrons. The lowest BCUT2D eigenvalue weighted by Gasteiger charge is -2.44. The minimum absolute atomic E-state index is 0.0672. The van der Waals surface area contributed by atoms with E-state index >= 15 is 0 Å². The van der Waals surface area contributed by atoms with Crippen LogP contribution >= 0.6 is 57.9 Å². The first-order valence-corrected chi connectivity index (χ1v) is 23.4. The maximum absolute atomic E-state index is 2.61. The molecule has 0 bridgehead atoms. The molecule has 7 heteroatoms. The van der Waals surface area contributed by atoms with Gasteiger partial charge in [-0.3, -0.25) is 0 Å². The molecule has 0 aromatic heterocycles. The smallest absolute Gasteiger partial charge is 0.257 e. The van der Waals surface area contributed by atoms with Crippen LogP contribution in [0.3, 0.4) is 0 Å². The van der Waals surface area contributed by atoms with Crippen LogP contribution in [0.25, 0.3) is 0 Å². The predicted octanol–water partition coefficient (Wildman–Crippen LogP) is 15.0. The van der Waals surface area contributed by atoms with Crippen molar-refractivity contribution >= 4 is 92.8 Å². The van der Waals surface area contributed by atoms with Gasteiger partial charge in [0.1, 0.15) is 0 Å². The Labute approximate surface area is 361 Å². The quantitative estimate of drug-likeness (QED) is 0.0867. The monoisotopic (exact) mass is 900 g/mol. The van der Waals surface area contributed by atoms with Crippen LogP contribution < -0.4 is 15.3 Å². The molecule has 3 heterocycles. The van der Waals surface area contributed by atoms with E-state index in [4.69, 9.17) is 0 Å². The van der Waals surface area contributed by atoms with Crippen molar-refractivity contribution in [3.63, 3.8) is 0 Å². The summed E-state index contributed by atoms with van der Waals surface area (Å²) < 4.78 is 1.50. The third-order valence-electron chi connectivity index (χ3n) is 11.0. The van der Waals surface area contributed by atoms with E-state index in [0.717, 1.165) is 6.42 Å². The number of hydrogen-bond donors (Lipinski definition) is 0. The molecule has 0 fully saturated rings. The third-order valence-corrected chi connectivity index (χ3v) is 15.9. The van der Waals surface area contributed by atoms with Crippen LogP contribution in [0.2, 0.25) is 0 Å². The normalized spacial score (nSPS) is 17.5. The Hall–Kier alpha value is -3.24. The van der Waals surface area contributed by atoms with Crippen LogP contribution in [0.4, 0.5) is 22.7 Å². The summed E-state index contributed by atoms with van der Waals surface area (Å²) in [5, 5.41) is 2.96. The molecule has 0 N–H and O–H groups in total. The van der Waals surface area contributed by atoms with Gasteiger partial charge in [0, 0.05) is 31.6 Å². The first kappa shape index (κ1) is 39.6. The number of nitrogens with zero attached hydrogens (tertiary/aromatic N) is 2. The molecule has 8 rings (SSSR count). The average Bonchev–Trinajstić information content (AvgIpc) is 3.63. The highest BCUT2D eigenvalue weighted by Crippen LogP contribution is 2.63. The first-order chi connectivity index (χ1) is 26.8. The van der Waals surface area contributed by atoms with Crippen molar-refractivity contribution < 1.29 is 0 Å². The number of benzene rings is 5. The van der Waals surface area contributed by atoms with Crippen LogP contribution in [-0.4, -0.2) is 6.71 Å². The van der Waals surface area contributed by atoms with Crippen molar-refractivity contribution in [2.45, 2.75) is 82.5 Å². The lowest BCUT2D eigenvalue weighted by molar-refractivity contribution is 0.590. The van der Waals surface area contributed by atoms with Gasteiger partial charge in [0.15, 0.2) is 0 Å². The number of rotatable bonds is 8. The number of halogens is 1. The van der Waals surface area contributed by atoms with Crippen LogP contribution in [0.1, 0.15) is 93.9 Å².